The molecular formula is C20H26N6O3S. The van der Waals surface area contributed by atoms with Crippen molar-refractivity contribution in [3.8, 4) is 0 Å². The number of nitrogens with one attached hydrogen (secondary N) is 2. The second-order valence-electron chi connectivity index (χ2n) is 9.02. The van der Waals surface area contributed by atoms with Gasteiger partial charge in [-0.3, -0.25) is 5.32 Å². The van der Waals surface area contributed by atoms with Crippen LogP contribution >= 0.6 is 11.3 Å². The number of aromatic nitrogens is 3. The lowest BCUT2D eigenvalue weighted by molar-refractivity contribution is 0.0570. The van der Waals surface area contributed by atoms with Crippen molar-refractivity contribution in [3.63, 3.8) is 0 Å². The van der Waals surface area contributed by atoms with Gasteiger partial charge in [-0.05, 0) is 44.4 Å². The van der Waals surface area contributed by atoms with Crippen molar-refractivity contribution < 1.29 is 14.1 Å². The Hall–Kier alpha value is -2.20. The van der Waals surface area contributed by atoms with Crippen molar-refractivity contribution in [2.24, 2.45) is 5.92 Å². The summed E-state index contributed by atoms with van der Waals surface area (Å²) in [6.07, 6.45) is 8.15. The molecule has 1 saturated heterocycles. The topological polar surface area (TPSA) is 105 Å². The molecule has 0 spiro atoms. The molecule has 2 N–H and O–H groups in total. The Morgan fingerprint density at radius 1 is 1.20 bits per heavy atom. The number of thiazole rings is 1. The molecule has 2 aromatic heterocycles. The van der Waals surface area contributed by atoms with Crippen LogP contribution < -0.4 is 15.5 Å². The second-order valence-corrected chi connectivity index (χ2v) is 10.0. The van der Waals surface area contributed by atoms with Crippen LogP contribution in [0.1, 0.15) is 61.0 Å². The van der Waals surface area contributed by atoms with Crippen molar-refractivity contribution in [3.05, 3.63) is 16.4 Å². The molecule has 4 fully saturated rings. The Bertz CT molecular complexity index is 952. The van der Waals surface area contributed by atoms with Gasteiger partial charge in [-0.15, -0.1) is 0 Å². The second kappa shape index (κ2) is 6.91. The Labute approximate surface area is 178 Å². The molecule has 0 radical (unpaired) electrons. The molecule has 2 unspecified atom stereocenters. The summed E-state index contributed by atoms with van der Waals surface area (Å²) in [4.78, 5) is 24.6. The van der Waals surface area contributed by atoms with Crippen LogP contribution in [0.5, 0.6) is 0 Å². The lowest BCUT2D eigenvalue weighted by Gasteiger charge is -2.44. The van der Waals surface area contributed by atoms with E-state index in [1.807, 2.05) is 0 Å². The molecule has 2 atom stereocenters. The maximum Gasteiger partial charge on any atom is 0.325 e. The zero-order chi connectivity index (χ0) is 20.3. The molecule has 2 amide bonds. The molecule has 4 bridgehead atoms. The van der Waals surface area contributed by atoms with Gasteiger partial charge in [0.25, 0.3) is 0 Å². The number of ether oxygens (including phenoxy) is 1. The van der Waals surface area contributed by atoms with Crippen LogP contribution in [-0.4, -0.2) is 47.5 Å². The van der Waals surface area contributed by atoms with Gasteiger partial charge < -0.3 is 19.5 Å². The summed E-state index contributed by atoms with van der Waals surface area (Å²) >= 11 is 1.50. The fourth-order valence-corrected chi connectivity index (χ4v) is 6.78. The maximum absolute atomic E-state index is 11.7. The van der Waals surface area contributed by atoms with Crippen LogP contribution in [-0.2, 0) is 16.6 Å². The van der Waals surface area contributed by atoms with Crippen molar-refractivity contribution in [1.29, 1.82) is 0 Å². The van der Waals surface area contributed by atoms with Gasteiger partial charge in [0.05, 0.1) is 35.9 Å². The standard InChI is InChI=1S/C20H26N6O3S/c1-21-17(27)24-18-22-13-8-12-9-28-10-14(15(13)30-18)26(12)19-23-16(25-29-19)20-5-2-11(3-6-20)4-7-20/h11-12,14H,2-10H2,1H3,(H2,21,22,24,27). The van der Waals surface area contributed by atoms with Crippen LogP contribution in [0.25, 0.3) is 0 Å². The maximum atomic E-state index is 11.7. The molecule has 5 aliphatic rings. The number of morpholine rings is 1. The normalized spacial score (nSPS) is 32.0. The first-order valence-electron chi connectivity index (χ1n) is 10.8. The Kier molecular flexibility index (Phi) is 4.28. The third-order valence-electron chi connectivity index (χ3n) is 7.43. The highest BCUT2D eigenvalue weighted by Gasteiger charge is 2.47. The van der Waals surface area contributed by atoms with Crippen LogP contribution in [0.4, 0.5) is 15.9 Å². The Morgan fingerprint density at radius 2 is 2.00 bits per heavy atom. The zero-order valence-corrected chi connectivity index (χ0v) is 17.8. The fraction of sp³-hybridized carbons (Fsp3) is 0.700. The average Bonchev–Trinajstić information content (AvgIpc) is 3.42. The molecule has 0 aromatic carbocycles. The number of hydrogen-bond acceptors (Lipinski definition) is 8. The number of carbonyl (C=O) groups excluding carboxylic acids is 1. The van der Waals surface area contributed by atoms with E-state index in [2.05, 4.69) is 25.7 Å². The predicted octanol–water partition coefficient (Wildman–Crippen LogP) is 3.00. The van der Waals surface area contributed by atoms with Crippen LogP contribution in [0.2, 0.25) is 0 Å². The van der Waals surface area contributed by atoms with Crippen molar-refractivity contribution >= 4 is 28.5 Å². The molecule has 9 nitrogen and oxygen atoms in total. The summed E-state index contributed by atoms with van der Waals surface area (Å²) in [5.41, 5.74) is 1.14. The van der Waals surface area contributed by atoms with Crippen LogP contribution in [0.3, 0.4) is 0 Å². The molecule has 30 heavy (non-hydrogen) atoms. The lowest BCUT2D eigenvalue weighted by Crippen LogP contribution is -2.52. The Balaban J connectivity index is 1.30. The lowest BCUT2D eigenvalue weighted by atomic mass is 9.60. The molecule has 160 valence electrons. The smallest absolute Gasteiger partial charge is 0.325 e. The Morgan fingerprint density at radius 3 is 2.77 bits per heavy atom. The number of hydrogen-bond donors (Lipinski definition) is 2. The molecule has 10 heteroatoms. The highest BCUT2D eigenvalue weighted by atomic mass is 32.1. The van der Waals surface area contributed by atoms with Gasteiger partial charge in [-0.25, -0.2) is 9.78 Å². The molecule has 2 aliphatic heterocycles. The largest absolute Gasteiger partial charge is 0.377 e. The number of nitrogens with zero attached hydrogens (tertiary/aromatic N) is 4. The van der Waals surface area contributed by atoms with E-state index in [4.69, 9.17) is 14.2 Å². The monoisotopic (exact) mass is 430 g/mol. The minimum Gasteiger partial charge on any atom is -0.377 e. The summed E-state index contributed by atoms with van der Waals surface area (Å²) in [6, 6.07) is 0.433. The zero-order valence-electron chi connectivity index (χ0n) is 17.0. The van der Waals surface area contributed by atoms with E-state index in [-0.39, 0.29) is 23.5 Å². The number of urea groups is 1. The first-order valence-corrected chi connectivity index (χ1v) is 11.7. The molecule has 4 heterocycles. The minimum atomic E-state index is -0.264. The van der Waals surface area contributed by atoms with Crippen LogP contribution in [0.15, 0.2) is 4.52 Å². The van der Waals surface area contributed by atoms with E-state index in [1.54, 1.807) is 7.05 Å². The van der Waals surface area contributed by atoms with Gasteiger partial charge in [0, 0.05) is 18.9 Å². The highest BCUT2D eigenvalue weighted by molar-refractivity contribution is 7.16. The summed E-state index contributed by atoms with van der Waals surface area (Å²) in [5.74, 6) is 1.80. The van der Waals surface area contributed by atoms with Crippen molar-refractivity contribution in [2.45, 2.75) is 62.4 Å². The summed E-state index contributed by atoms with van der Waals surface area (Å²) in [7, 11) is 1.59. The predicted molar refractivity (Wildman–Crippen MR) is 111 cm³/mol. The molecular weight excluding hydrogens is 404 g/mol. The average molecular weight is 431 g/mol. The van der Waals surface area contributed by atoms with Crippen LogP contribution in [0, 0.1) is 5.92 Å². The van der Waals surface area contributed by atoms with E-state index >= 15 is 0 Å². The third kappa shape index (κ3) is 2.84. The van der Waals surface area contributed by atoms with Crippen molar-refractivity contribution in [1.82, 2.24) is 20.4 Å². The van der Waals surface area contributed by atoms with Gasteiger partial charge in [-0.1, -0.05) is 16.5 Å². The number of anilines is 2. The minimum absolute atomic E-state index is 0.0156. The van der Waals surface area contributed by atoms with Gasteiger partial charge in [0.15, 0.2) is 11.0 Å². The molecule has 3 saturated carbocycles. The SMILES string of the molecule is CNC(=O)Nc1nc2c(s1)C1COCC(C2)N1c1nc(C23CCC(CC2)CC3)no1. The van der Waals surface area contributed by atoms with Gasteiger partial charge >= 0.3 is 12.0 Å². The fourth-order valence-electron chi connectivity index (χ4n) is 5.71. The molecule has 7 rings (SSSR count). The van der Waals surface area contributed by atoms with Crippen molar-refractivity contribution in [2.75, 3.05) is 30.5 Å². The van der Waals surface area contributed by atoms with E-state index in [9.17, 15) is 4.79 Å². The van der Waals surface area contributed by atoms with E-state index in [1.165, 1.54) is 49.9 Å². The van der Waals surface area contributed by atoms with Gasteiger partial charge in [0.2, 0.25) is 0 Å². The first kappa shape index (κ1) is 18.6. The van der Waals surface area contributed by atoms with E-state index in [0.29, 0.717) is 24.4 Å². The quantitative estimate of drug-likeness (QED) is 0.771. The molecule has 3 aliphatic carbocycles. The number of amides is 2. The first-order chi connectivity index (χ1) is 14.6. The van der Waals surface area contributed by atoms with E-state index < -0.39 is 0 Å². The number of fused-ring (bicyclic) bond motifs is 7. The van der Waals surface area contributed by atoms with Gasteiger partial charge in [-0.2, -0.15) is 4.98 Å². The highest BCUT2D eigenvalue weighted by Crippen LogP contribution is 2.51. The summed E-state index contributed by atoms with van der Waals surface area (Å²) < 4.78 is 11.7. The molecule has 2 aromatic rings. The van der Waals surface area contributed by atoms with E-state index in [0.717, 1.165) is 28.7 Å². The van der Waals surface area contributed by atoms with Gasteiger partial charge in [0.1, 0.15) is 0 Å². The summed E-state index contributed by atoms with van der Waals surface area (Å²) in [5, 5.41) is 10.4. The summed E-state index contributed by atoms with van der Waals surface area (Å²) in [6.45, 7) is 1.16. The number of carbonyl (C=O) groups is 1. The number of rotatable bonds is 3. The third-order valence-corrected chi connectivity index (χ3v) is 8.54.